The molecule has 1 aliphatic rings. The summed E-state index contributed by atoms with van der Waals surface area (Å²) < 4.78 is 0. The number of carbonyl (C=O) groups is 1. The summed E-state index contributed by atoms with van der Waals surface area (Å²) in [6.07, 6.45) is 3.14. The number of nitrogens with one attached hydrogen (secondary N) is 2. The molecule has 23 heavy (non-hydrogen) atoms. The highest BCUT2D eigenvalue weighted by atomic mass is 16.2. The van der Waals surface area contributed by atoms with Crippen LogP contribution in [0.15, 0.2) is 54.6 Å². The largest absolute Gasteiger partial charge is 0.328 e. The normalized spacial score (nSPS) is 15.8. The fraction of sp³-hybridized carbons (Fsp3) is 0.350. The van der Waals surface area contributed by atoms with E-state index < -0.39 is 0 Å². The SMILES string of the molecule is CC(C)c1ccc(NC(=O)NC2(c3ccccc3)CCC2)cc1. The van der Waals surface area contributed by atoms with Gasteiger partial charge < -0.3 is 10.6 Å². The van der Waals surface area contributed by atoms with Gasteiger partial charge in [-0.25, -0.2) is 4.79 Å². The second kappa shape index (κ2) is 6.45. The van der Waals surface area contributed by atoms with Crippen LogP contribution < -0.4 is 10.6 Å². The second-order valence-corrected chi connectivity index (χ2v) is 6.66. The van der Waals surface area contributed by atoms with E-state index in [0.29, 0.717) is 5.92 Å². The molecule has 3 nitrogen and oxygen atoms in total. The molecule has 2 aromatic carbocycles. The maximum Gasteiger partial charge on any atom is 0.319 e. The number of hydrogen-bond acceptors (Lipinski definition) is 1. The van der Waals surface area contributed by atoms with Crippen molar-refractivity contribution in [3.63, 3.8) is 0 Å². The van der Waals surface area contributed by atoms with Crippen LogP contribution in [0.2, 0.25) is 0 Å². The van der Waals surface area contributed by atoms with Gasteiger partial charge in [0.15, 0.2) is 0 Å². The summed E-state index contributed by atoms with van der Waals surface area (Å²) in [6.45, 7) is 4.32. The van der Waals surface area contributed by atoms with Crippen molar-refractivity contribution in [1.82, 2.24) is 5.32 Å². The first kappa shape index (κ1) is 15.6. The Balaban J connectivity index is 1.67. The molecule has 0 bridgehead atoms. The van der Waals surface area contributed by atoms with Gasteiger partial charge in [-0.3, -0.25) is 0 Å². The van der Waals surface area contributed by atoms with Gasteiger partial charge >= 0.3 is 6.03 Å². The van der Waals surface area contributed by atoms with E-state index in [9.17, 15) is 4.79 Å². The zero-order valence-corrected chi connectivity index (χ0v) is 13.8. The standard InChI is InChI=1S/C20H24N2O/c1-15(2)16-9-11-18(12-10-16)21-19(23)22-20(13-6-14-20)17-7-4-3-5-8-17/h3-5,7-12,15H,6,13-14H2,1-2H3,(H2,21,22,23). The zero-order chi connectivity index (χ0) is 16.3. The Morgan fingerprint density at radius 2 is 1.65 bits per heavy atom. The summed E-state index contributed by atoms with van der Waals surface area (Å²) in [7, 11) is 0. The quantitative estimate of drug-likeness (QED) is 0.819. The Kier molecular flexibility index (Phi) is 4.37. The highest BCUT2D eigenvalue weighted by molar-refractivity contribution is 5.90. The number of benzene rings is 2. The van der Waals surface area contributed by atoms with E-state index in [1.165, 1.54) is 11.1 Å². The Hall–Kier alpha value is -2.29. The second-order valence-electron chi connectivity index (χ2n) is 6.66. The lowest BCUT2D eigenvalue weighted by molar-refractivity contribution is 0.185. The molecule has 2 amide bonds. The van der Waals surface area contributed by atoms with E-state index in [1.54, 1.807) is 0 Å². The smallest absolute Gasteiger partial charge is 0.319 e. The van der Waals surface area contributed by atoms with Crippen LogP contribution in [0.3, 0.4) is 0 Å². The van der Waals surface area contributed by atoms with Gasteiger partial charge in [-0.2, -0.15) is 0 Å². The van der Waals surface area contributed by atoms with Crippen LogP contribution in [0.25, 0.3) is 0 Å². The monoisotopic (exact) mass is 308 g/mol. The van der Waals surface area contributed by atoms with E-state index in [4.69, 9.17) is 0 Å². The minimum Gasteiger partial charge on any atom is -0.328 e. The van der Waals surface area contributed by atoms with E-state index >= 15 is 0 Å². The molecule has 0 atom stereocenters. The van der Waals surface area contributed by atoms with Gasteiger partial charge in [0, 0.05) is 5.69 Å². The lowest BCUT2D eigenvalue weighted by atomic mass is 9.72. The molecule has 1 aliphatic carbocycles. The molecule has 0 aliphatic heterocycles. The number of carbonyl (C=O) groups excluding carboxylic acids is 1. The predicted octanol–water partition coefficient (Wildman–Crippen LogP) is 5.01. The molecule has 1 saturated carbocycles. The predicted molar refractivity (Wildman–Crippen MR) is 94.7 cm³/mol. The van der Waals surface area contributed by atoms with E-state index in [-0.39, 0.29) is 11.6 Å². The molecular formula is C20H24N2O. The van der Waals surface area contributed by atoms with E-state index in [1.807, 2.05) is 30.3 Å². The van der Waals surface area contributed by atoms with Gasteiger partial charge in [0.05, 0.1) is 5.54 Å². The minimum atomic E-state index is -0.205. The van der Waals surface area contributed by atoms with Crippen molar-refractivity contribution in [2.75, 3.05) is 5.32 Å². The third-order valence-corrected chi connectivity index (χ3v) is 4.72. The maximum absolute atomic E-state index is 12.4. The zero-order valence-electron chi connectivity index (χ0n) is 13.8. The first-order valence-corrected chi connectivity index (χ1v) is 8.34. The third kappa shape index (κ3) is 3.39. The van der Waals surface area contributed by atoms with Gasteiger partial charge in [-0.15, -0.1) is 0 Å². The number of rotatable bonds is 4. The molecule has 3 heteroatoms. The van der Waals surface area contributed by atoms with Crippen LogP contribution in [0.4, 0.5) is 10.5 Å². The van der Waals surface area contributed by atoms with Crippen molar-refractivity contribution in [3.8, 4) is 0 Å². The summed E-state index contributed by atoms with van der Waals surface area (Å²) >= 11 is 0. The van der Waals surface area contributed by atoms with Gasteiger partial charge in [0.1, 0.15) is 0 Å². The Bertz CT molecular complexity index is 658. The molecular weight excluding hydrogens is 284 g/mol. The topological polar surface area (TPSA) is 41.1 Å². The Morgan fingerprint density at radius 3 is 2.17 bits per heavy atom. The number of hydrogen-bond donors (Lipinski definition) is 2. The lowest BCUT2D eigenvalue weighted by Crippen LogP contribution is -2.52. The van der Waals surface area contributed by atoms with Crippen LogP contribution >= 0.6 is 0 Å². The first-order chi connectivity index (χ1) is 11.1. The third-order valence-electron chi connectivity index (χ3n) is 4.72. The average Bonchev–Trinajstić information content (AvgIpc) is 2.52. The summed E-state index contributed by atoms with van der Waals surface area (Å²) in [5.74, 6) is 0.495. The van der Waals surface area contributed by atoms with Gasteiger partial charge in [-0.05, 0) is 48.4 Å². The van der Waals surface area contributed by atoms with Crippen molar-refractivity contribution in [2.24, 2.45) is 0 Å². The highest BCUT2D eigenvalue weighted by Gasteiger charge is 2.39. The fourth-order valence-corrected chi connectivity index (χ4v) is 3.10. The number of amides is 2. The minimum absolute atomic E-state index is 0.133. The van der Waals surface area contributed by atoms with Crippen LogP contribution in [0, 0.1) is 0 Å². The Labute approximate surface area is 138 Å². The molecule has 120 valence electrons. The van der Waals surface area contributed by atoms with Crippen LogP contribution in [-0.2, 0) is 5.54 Å². The van der Waals surface area contributed by atoms with Crippen molar-refractivity contribution < 1.29 is 4.79 Å². The molecule has 0 heterocycles. The maximum atomic E-state index is 12.4. The van der Waals surface area contributed by atoms with Gasteiger partial charge in [0.2, 0.25) is 0 Å². The van der Waals surface area contributed by atoms with Crippen LogP contribution in [0.5, 0.6) is 0 Å². The van der Waals surface area contributed by atoms with Gasteiger partial charge in [-0.1, -0.05) is 56.3 Å². The molecule has 1 fully saturated rings. The molecule has 0 spiro atoms. The van der Waals surface area contributed by atoms with E-state index in [2.05, 4.69) is 48.7 Å². The van der Waals surface area contributed by atoms with Crippen molar-refractivity contribution in [1.29, 1.82) is 0 Å². The van der Waals surface area contributed by atoms with Crippen molar-refractivity contribution >= 4 is 11.7 Å². The molecule has 2 aromatic rings. The molecule has 0 radical (unpaired) electrons. The van der Waals surface area contributed by atoms with Crippen LogP contribution in [0.1, 0.15) is 50.2 Å². The summed E-state index contributed by atoms with van der Waals surface area (Å²) in [5.41, 5.74) is 3.09. The Morgan fingerprint density at radius 1 is 1.00 bits per heavy atom. The number of urea groups is 1. The molecule has 2 N–H and O–H groups in total. The van der Waals surface area contributed by atoms with Crippen molar-refractivity contribution in [2.45, 2.75) is 44.6 Å². The lowest BCUT2D eigenvalue weighted by Gasteiger charge is -2.43. The van der Waals surface area contributed by atoms with E-state index in [0.717, 1.165) is 24.9 Å². The van der Waals surface area contributed by atoms with Crippen molar-refractivity contribution in [3.05, 3.63) is 65.7 Å². The van der Waals surface area contributed by atoms with Crippen LogP contribution in [-0.4, -0.2) is 6.03 Å². The number of anilines is 1. The average molecular weight is 308 g/mol. The fourth-order valence-electron chi connectivity index (χ4n) is 3.10. The molecule has 0 unspecified atom stereocenters. The summed E-state index contributed by atoms with van der Waals surface area (Å²) in [6, 6.07) is 18.2. The molecule has 0 saturated heterocycles. The summed E-state index contributed by atoms with van der Waals surface area (Å²) in [5, 5.41) is 6.13. The highest BCUT2D eigenvalue weighted by Crippen LogP contribution is 2.41. The van der Waals surface area contributed by atoms with Gasteiger partial charge in [0.25, 0.3) is 0 Å². The summed E-state index contributed by atoms with van der Waals surface area (Å²) in [4.78, 5) is 12.4. The molecule has 0 aromatic heterocycles. The molecule has 3 rings (SSSR count). The first-order valence-electron chi connectivity index (χ1n) is 8.34.